The largest absolute Gasteiger partial charge is 0.274 e. The topological polar surface area (TPSA) is 206 Å². The molecule has 0 unspecified atom stereocenters. The molecule has 10 aromatic rings. The van der Waals surface area contributed by atoms with Crippen LogP contribution in [0.15, 0.2) is 72.8 Å². The average molecular weight is 1130 g/mol. The van der Waals surface area contributed by atoms with Gasteiger partial charge in [0.15, 0.2) is 11.4 Å². The van der Waals surface area contributed by atoms with Crippen molar-refractivity contribution in [2.45, 2.75) is 68.2 Å². The fourth-order valence-corrected chi connectivity index (χ4v) is 13.7. The maximum atomic E-state index is 13.8. The summed E-state index contributed by atoms with van der Waals surface area (Å²) in [5.41, 5.74) is 3.54. The number of imide groups is 4. The molecule has 0 aromatic heterocycles. The van der Waals surface area contributed by atoms with Crippen LogP contribution in [0, 0.1) is 59.5 Å². The van der Waals surface area contributed by atoms with Crippen LogP contribution < -0.4 is 0 Å². The lowest BCUT2D eigenvalue weighted by atomic mass is 9.80. The van der Waals surface area contributed by atoms with Gasteiger partial charge in [-0.1, -0.05) is 79.7 Å². The lowest BCUT2D eigenvalue weighted by molar-refractivity contribution is 0.0577. The Labute approximate surface area is 492 Å². The summed E-state index contributed by atoms with van der Waals surface area (Å²) in [5, 5.41) is 29.4. The lowest BCUT2D eigenvalue weighted by Gasteiger charge is -2.31. The molecule has 0 fully saturated rings. The fourth-order valence-electron chi connectivity index (χ4n) is 13.7. The number of benzene rings is 10. The van der Waals surface area contributed by atoms with E-state index >= 15 is 0 Å². The first-order chi connectivity index (χ1) is 41.2. The zero-order valence-electron chi connectivity index (χ0n) is 48.3. The number of nitriles is 2. The van der Waals surface area contributed by atoms with Crippen LogP contribution in [0.4, 0.5) is 11.4 Å². The van der Waals surface area contributed by atoms with Crippen molar-refractivity contribution in [1.82, 2.24) is 19.6 Å². The molecule has 0 N–H and O–H groups in total. The summed E-state index contributed by atoms with van der Waals surface area (Å²) in [6, 6.07) is 24.5. The molecule has 0 spiro atoms. The minimum absolute atomic E-state index is 0.0531. The first-order valence-corrected chi connectivity index (χ1v) is 28.7. The summed E-state index contributed by atoms with van der Waals surface area (Å²) in [5.74, 6) is -2.67. The van der Waals surface area contributed by atoms with E-state index in [9.17, 15) is 48.9 Å². The van der Waals surface area contributed by atoms with Gasteiger partial charge in [0, 0.05) is 91.9 Å². The highest BCUT2D eigenvalue weighted by Crippen LogP contribution is 2.53. The molecule has 420 valence electrons. The maximum absolute atomic E-state index is 13.8. The van der Waals surface area contributed by atoms with Crippen LogP contribution in [0.5, 0.6) is 0 Å². The third-order valence-corrected chi connectivity index (χ3v) is 17.4. The second kappa shape index (κ2) is 19.5. The normalized spacial score (nSPS) is 14.8. The third-order valence-electron chi connectivity index (χ3n) is 17.4. The number of nitrogens with zero attached hydrogens (tertiary/aromatic N) is 8. The molecule has 0 saturated heterocycles. The number of fused-ring (bicyclic) bond motifs is 4. The van der Waals surface area contributed by atoms with Gasteiger partial charge in [0.1, 0.15) is 0 Å². The molecule has 14 rings (SSSR count). The number of rotatable bonds is 10. The molecule has 10 aromatic carbocycles. The van der Waals surface area contributed by atoms with E-state index in [4.69, 9.17) is 13.1 Å². The van der Waals surface area contributed by atoms with E-state index in [1.54, 1.807) is 72.8 Å². The second-order valence-electron chi connectivity index (χ2n) is 24.5. The highest BCUT2D eigenvalue weighted by molar-refractivity contribution is 6.45. The molecule has 4 aliphatic rings. The number of hydrogen-bond acceptors (Lipinski definition) is 10. The minimum atomic E-state index is -0.454. The Bertz CT molecular complexity index is 4780. The van der Waals surface area contributed by atoms with Crippen LogP contribution in [-0.4, -0.2) is 93.0 Å². The van der Waals surface area contributed by atoms with Crippen molar-refractivity contribution in [3.8, 4) is 12.1 Å². The van der Waals surface area contributed by atoms with Crippen LogP contribution in [0.1, 0.15) is 162 Å². The molecule has 16 heteroatoms. The van der Waals surface area contributed by atoms with Gasteiger partial charge in [-0.05, 0) is 139 Å². The van der Waals surface area contributed by atoms with Crippen molar-refractivity contribution in [3.05, 3.63) is 151 Å². The van der Waals surface area contributed by atoms with Crippen molar-refractivity contribution >= 4 is 145 Å². The molecule has 0 saturated carbocycles. The minimum Gasteiger partial charge on any atom is -0.274 e. The Morgan fingerprint density at radius 2 is 0.616 bits per heavy atom. The molecule has 0 bridgehead atoms. The van der Waals surface area contributed by atoms with Crippen molar-refractivity contribution in [1.29, 1.82) is 10.5 Å². The second-order valence-corrected chi connectivity index (χ2v) is 24.5. The zero-order valence-corrected chi connectivity index (χ0v) is 48.3. The molecule has 86 heavy (non-hydrogen) atoms. The summed E-state index contributed by atoms with van der Waals surface area (Å²) < 4.78 is 0. The Hall–Kier alpha value is -10.7. The van der Waals surface area contributed by atoms with E-state index in [-0.39, 0.29) is 106 Å². The van der Waals surface area contributed by atoms with E-state index < -0.39 is 35.4 Å². The summed E-state index contributed by atoms with van der Waals surface area (Å²) >= 11 is 0. The Morgan fingerprint density at radius 3 is 0.907 bits per heavy atom. The van der Waals surface area contributed by atoms with Gasteiger partial charge >= 0.3 is 0 Å². The standard InChI is InChI=1S/C36H28N4O4.C34H24N4O4/c1-17(2)10-12-39-33(41)22-9-7-21-30-26(38-5)15-25-29-23(34(42)40(36(25)44)13-11-18(3)4)8-6-20(32(29)30)27-19(16-37)14-24(35(39)43)28(22)31(21)27;1-15(2)13-37-31(39)20-9-7-19-28-24(36-5)11-23-27-21(32(40)38(34(23)42)14-16(3)4)8-6-18(30(27)28)25-17(12-35)10-22(33(37)41)26(20)29(19)25/h6-9,14-15,17-18H,10-13H2,1-4H3;6-11,15-16H,13-14H2,1-4H3. The molecule has 8 amide bonds. The van der Waals surface area contributed by atoms with Crippen LogP contribution in [0.3, 0.4) is 0 Å². The quantitative estimate of drug-likeness (QED) is 0.0548. The predicted molar refractivity (Wildman–Crippen MR) is 327 cm³/mol. The highest BCUT2D eigenvalue weighted by Gasteiger charge is 2.41. The maximum Gasteiger partial charge on any atom is 0.261 e. The predicted octanol–water partition coefficient (Wildman–Crippen LogP) is 14.1. The number of amides is 8. The van der Waals surface area contributed by atoms with Gasteiger partial charge in [-0.3, -0.25) is 58.0 Å². The van der Waals surface area contributed by atoms with Gasteiger partial charge in [-0.25, -0.2) is 9.69 Å². The van der Waals surface area contributed by atoms with Gasteiger partial charge in [0.05, 0.1) is 47.5 Å². The Morgan fingerprint density at radius 1 is 0.349 bits per heavy atom. The average Bonchev–Trinajstić information content (AvgIpc) is 0.702. The highest BCUT2D eigenvalue weighted by atomic mass is 16.2. The van der Waals surface area contributed by atoms with Gasteiger partial charge in [0.2, 0.25) is 0 Å². The first kappa shape index (κ1) is 54.6. The first-order valence-electron chi connectivity index (χ1n) is 28.7. The molecule has 0 radical (unpaired) electrons. The molecule has 4 heterocycles. The summed E-state index contributed by atoms with van der Waals surface area (Å²) in [6.07, 6.45) is 1.30. The van der Waals surface area contributed by atoms with E-state index in [1.807, 2.05) is 55.4 Å². The van der Waals surface area contributed by atoms with Crippen molar-refractivity contribution in [3.63, 3.8) is 0 Å². The van der Waals surface area contributed by atoms with Gasteiger partial charge in [0.25, 0.3) is 47.3 Å². The van der Waals surface area contributed by atoms with Gasteiger partial charge in [-0.15, -0.1) is 0 Å². The number of carbonyl (C=O) groups excluding carboxylic acids is 8. The number of carbonyl (C=O) groups is 8. The van der Waals surface area contributed by atoms with Crippen LogP contribution in [-0.2, 0) is 0 Å². The molecule has 16 nitrogen and oxygen atoms in total. The lowest BCUT2D eigenvalue weighted by Crippen LogP contribution is -2.42. The van der Waals surface area contributed by atoms with Gasteiger partial charge in [-0.2, -0.15) is 10.5 Å². The van der Waals surface area contributed by atoms with Crippen molar-refractivity contribution in [2.75, 3.05) is 26.2 Å². The van der Waals surface area contributed by atoms with Crippen molar-refractivity contribution < 1.29 is 38.4 Å². The smallest absolute Gasteiger partial charge is 0.261 e. The van der Waals surface area contributed by atoms with Crippen LogP contribution in [0.2, 0.25) is 0 Å². The molecule has 0 atom stereocenters. The molecular formula is C70H52N8O8. The van der Waals surface area contributed by atoms with E-state index in [0.29, 0.717) is 121 Å². The Kier molecular flexibility index (Phi) is 12.3. The molecule has 0 aliphatic carbocycles. The summed E-state index contributed by atoms with van der Waals surface area (Å²) in [7, 11) is 0. The third kappa shape index (κ3) is 7.42. The molecule has 4 aliphatic heterocycles. The van der Waals surface area contributed by atoms with E-state index in [2.05, 4.69) is 21.8 Å². The zero-order chi connectivity index (χ0) is 61.0. The molecular weight excluding hydrogens is 1080 g/mol. The van der Waals surface area contributed by atoms with Gasteiger partial charge < -0.3 is 0 Å². The SMILES string of the molecule is [C-]#[N+]c1cc2c3c(ccc4c5c(C#N)cc6c7c(ccc(c1c34)c75)C(=O)N(CC(C)C)C6=O)C(=O)N(CC(C)C)C2=O.[C-]#[N+]c1cc2c3c(ccc4c5c(C#N)cc6c7c(ccc(c1c34)c75)C(=O)N(CCC(C)C)C6=O)C(=O)N(CCC(C)C)C2=O. The fraction of sp³-hybridized carbons (Fsp3) is 0.257. The van der Waals surface area contributed by atoms with E-state index in [1.165, 1.54) is 19.6 Å². The van der Waals surface area contributed by atoms with Crippen LogP contribution in [0.25, 0.3) is 95.9 Å². The summed E-state index contributed by atoms with van der Waals surface area (Å²) in [4.78, 5) is 122. The van der Waals surface area contributed by atoms with Crippen LogP contribution >= 0.6 is 0 Å². The van der Waals surface area contributed by atoms with Crippen molar-refractivity contribution in [2.24, 2.45) is 23.7 Å². The number of hydrogen-bond donors (Lipinski definition) is 0. The monoisotopic (exact) mass is 1130 g/mol. The summed E-state index contributed by atoms with van der Waals surface area (Å²) in [6.45, 7) is 33.0. The van der Waals surface area contributed by atoms with E-state index in [0.717, 1.165) is 0 Å². The Balaban J connectivity index is 0.000000160.